The van der Waals surface area contributed by atoms with Crippen LogP contribution in [0.15, 0.2) is 0 Å². The Bertz CT molecular complexity index is 574. The normalized spacial score (nSPS) is 18.6. The van der Waals surface area contributed by atoms with Gasteiger partial charge in [0.05, 0.1) is 19.6 Å². The van der Waals surface area contributed by atoms with Crippen LogP contribution in [-0.2, 0) is 19.2 Å². The standard InChI is InChI=1S/C18H34N6O7/c1-15(25)19-2-3-20-24-10-8-22(13-17(28)29)6-4-21(12-16(26)27)5-7-23(9-11-24)14-18(30)31/h20H,2-14H2,1H3,(H,19,25)(H,26,27)(H,28,29)(H,30,31). The van der Waals surface area contributed by atoms with Gasteiger partial charge >= 0.3 is 17.9 Å². The Morgan fingerprint density at radius 1 is 0.645 bits per heavy atom. The highest BCUT2D eigenvalue weighted by atomic mass is 16.4. The van der Waals surface area contributed by atoms with E-state index in [-0.39, 0.29) is 25.5 Å². The number of aliphatic carboxylic acids is 3. The summed E-state index contributed by atoms with van der Waals surface area (Å²) in [4.78, 5) is 49.8. The lowest BCUT2D eigenvalue weighted by Crippen LogP contribution is -2.52. The molecule has 0 saturated carbocycles. The third-order valence-corrected chi connectivity index (χ3v) is 4.75. The lowest BCUT2D eigenvalue weighted by Gasteiger charge is -2.33. The summed E-state index contributed by atoms with van der Waals surface area (Å²) in [7, 11) is 0. The Morgan fingerprint density at radius 3 is 1.32 bits per heavy atom. The largest absolute Gasteiger partial charge is 0.480 e. The SMILES string of the molecule is CC(=O)NCCNN1CCN(CC(=O)O)CCN(CC(=O)O)CCN(CC(=O)O)CC1. The molecule has 1 fully saturated rings. The van der Waals surface area contributed by atoms with Crippen molar-refractivity contribution in [1.82, 2.24) is 30.5 Å². The van der Waals surface area contributed by atoms with E-state index in [1.807, 2.05) is 5.01 Å². The number of nitrogens with zero attached hydrogens (tertiary/aromatic N) is 4. The van der Waals surface area contributed by atoms with Gasteiger partial charge in [-0.3, -0.25) is 39.3 Å². The molecule has 0 unspecified atom stereocenters. The van der Waals surface area contributed by atoms with Crippen LogP contribution in [0.25, 0.3) is 0 Å². The number of amides is 1. The number of hydrazine groups is 1. The summed E-state index contributed by atoms with van der Waals surface area (Å²) in [6, 6.07) is 0. The molecule has 0 atom stereocenters. The van der Waals surface area contributed by atoms with Gasteiger partial charge in [-0.25, -0.2) is 5.01 Å². The zero-order valence-electron chi connectivity index (χ0n) is 18.0. The molecule has 31 heavy (non-hydrogen) atoms. The summed E-state index contributed by atoms with van der Waals surface area (Å²) in [6.07, 6.45) is 0. The van der Waals surface area contributed by atoms with Crippen molar-refractivity contribution in [2.45, 2.75) is 6.92 Å². The second-order valence-electron chi connectivity index (χ2n) is 7.39. The molecule has 0 aromatic rings. The first kappa shape index (κ1) is 26.7. The van der Waals surface area contributed by atoms with E-state index >= 15 is 0 Å². The fraction of sp³-hybridized carbons (Fsp3) is 0.778. The van der Waals surface area contributed by atoms with Gasteiger partial charge in [-0.15, -0.1) is 0 Å². The molecule has 1 saturated heterocycles. The fourth-order valence-corrected chi connectivity index (χ4v) is 3.20. The van der Waals surface area contributed by atoms with Crippen molar-refractivity contribution in [2.75, 3.05) is 85.1 Å². The van der Waals surface area contributed by atoms with E-state index < -0.39 is 17.9 Å². The highest BCUT2D eigenvalue weighted by Gasteiger charge is 2.19. The fourth-order valence-electron chi connectivity index (χ4n) is 3.20. The summed E-state index contributed by atoms with van der Waals surface area (Å²) in [6.45, 7) is 5.09. The van der Waals surface area contributed by atoms with E-state index in [9.17, 15) is 29.4 Å². The lowest BCUT2D eigenvalue weighted by molar-refractivity contribution is -0.140. The van der Waals surface area contributed by atoms with Crippen LogP contribution >= 0.6 is 0 Å². The van der Waals surface area contributed by atoms with Crippen LogP contribution in [0, 0.1) is 0 Å². The molecule has 13 heteroatoms. The van der Waals surface area contributed by atoms with Crippen LogP contribution in [-0.4, -0.2) is 144 Å². The molecule has 1 heterocycles. The molecule has 0 spiro atoms. The van der Waals surface area contributed by atoms with Crippen LogP contribution < -0.4 is 10.7 Å². The third kappa shape index (κ3) is 13.6. The maximum absolute atomic E-state index is 11.2. The van der Waals surface area contributed by atoms with Crippen molar-refractivity contribution < 1.29 is 34.5 Å². The van der Waals surface area contributed by atoms with Crippen LogP contribution in [0.3, 0.4) is 0 Å². The van der Waals surface area contributed by atoms with Gasteiger partial charge in [-0.1, -0.05) is 0 Å². The van der Waals surface area contributed by atoms with E-state index in [0.29, 0.717) is 65.4 Å². The monoisotopic (exact) mass is 446 g/mol. The minimum Gasteiger partial charge on any atom is -0.480 e. The van der Waals surface area contributed by atoms with E-state index in [1.54, 1.807) is 14.7 Å². The van der Waals surface area contributed by atoms with Crippen molar-refractivity contribution in [2.24, 2.45) is 0 Å². The molecule has 0 bridgehead atoms. The topological polar surface area (TPSA) is 166 Å². The zero-order valence-corrected chi connectivity index (χ0v) is 18.0. The Hall–Kier alpha value is -2.32. The van der Waals surface area contributed by atoms with E-state index in [2.05, 4.69) is 10.7 Å². The molecule has 13 nitrogen and oxygen atoms in total. The van der Waals surface area contributed by atoms with Gasteiger partial charge in [0.1, 0.15) is 0 Å². The molecule has 0 radical (unpaired) electrons. The van der Waals surface area contributed by atoms with Gasteiger partial charge in [0.2, 0.25) is 5.91 Å². The minimum absolute atomic E-state index is 0.137. The van der Waals surface area contributed by atoms with E-state index in [1.165, 1.54) is 6.92 Å². The predicted molar refractivity (Wildman–Crippen MR) is 110 cm³/mol. The maximum atomic E-state index is 11.2. The van der Waals surface area contributed by atoms with Crippen molar-refractivity contribution in [3.63, 3.8) is 0 Å². The number of hydrogen-bond donors (Lipinski definition) is 5. The highest BCUT2D eigenvalue weighted by Crippen LogP contribution is 2.00. The van der Waals surface area contributed by atoms with Gasteiger partial charge in [0.15, 0.2) is 0 Å². The second kappa shape index (κ2) is 14.6. The molecule has 1 rings (SSSR count). The molecule has 5 N–H and O–H groups in total. The van der Waals surface area contributed by atoms with Crippen molar-refractivity contribution in [3.05, 3.63) is 0 Å². The molecular formula is C18H34N6O7. The number of rotatable bonds is 10. The molecule has 0 aliphatic carbocycles. The molecule has 0 aromatic heterocycles. The first-order valence-electron chi connectivity index (χ1n) is 10.2. The Labute approximate surface area is 181 Å². The lowest BCUT2D eigenvalue weighted by atomic mass is 10.3. The van der Waals surface area contributed by atoms with Crippen LogP contribution in [0.5, 0.6) is 0 Å². The van der Waals surface area contributed by atoms with E-state index in [0.717, 1.165) is 0 Å². The smallest absolute Gasteiger partial charge is 0.317 e. The molecule has 1 aliphatic heterocycles. The van der Waals surface area contributed by atoms with Crippen molar-refractivity contribution in [3.8, 4) is 0 Å². The van der Waals surface area contributed by atoms with Crippen LogP contribution in [0.1, 0.15) is 6.92 Å². The molecule has 0 aromatic carbocycles. The first-order valence-corrected chi connectivity index (χ1v) is 10.2. The zero-order chi connectivity index (χ0) is 23.2. The number of carboxylic acid groups (broad SMARTS) is 3. The molecule has 1 amide bonds. The van der Waals surface area contributed by atoms with Gasteiger partial charge in [0, 0.05) is 72.4 Å². The summed E-state index contributed by atoms with van der Waals surface area (Å²) in [5.41, 5.74) is 3.19. The average Bonchev–Trinajstić information content (AvgIpc) is 2.65. The third-order valence-electron chi connectivity index (χ3n) is 4.75. The number of carboxylic acids is 3. The Kier molecular flexibility index (Phi) is 12.6. The van der Waals surface area contributed by atoms with Gasteiger partial charge in [0.25, 0.3) is 0 Å². The predicted octanol–water partition coefficient (Wildman–Crippen LogP) is -2.90. The minimum atomic E-state index is -0.990. The van der Waals surface area contributed by atoms with Gasteiger partial charge in [-0.2, -0.15) is 0 Å². The number of nitrogens with one attached hydrogen (secondary N) is 2. The Balaban J connectivity index is 2.84. The van der Waals surface area contributed by atoms with Crippen molar-refractivity contribution in [1.29, 1.82) is 0 Å². The second-order valence-corrected chi connectivity index (χ2v) is 7.39. The summed E-state index contributed by atoms with van der Waals surface area (Å²) < 4.78 is 0. The van der Waals surface area contributed by atoms with Gasteiger partial charge < -0.3 is 20.6 Å². The summed E-state index contributed by atoms with van der Waals surface area (Å²) in [5, 5.41) is 32.1. The van der Waals surface area contributed by atoms with E-state index in [4.69, 9.17) is 5.11 Å². The number of carbonyl (C=O) groups is 4. The highest BCUT2D eigenvalue weighted by molar-refractivity contribution is 5.72. The Morgan fingerprint density at radius 2 is 1.00 bits per heavy atom. The number of hydrogen-bond acceptors (Lipinski definition) is 9. The molecular weight excluding hydrogens is 412 g/mol. The average molecular weight is 447 g/mol. The van der Waals surface area contributed by atoms with Crippen molar-refractivity contribution >= 4 is 23.8 Å². The quantitative estimate of drug-likeness (QED) is 0.218. The molecule has 1 aliphatic rings. The van der Waals surface area contributed by atoms with Gasteiger partial charge in [-0.05, 0) is 0 Å². The molecule has 178 valence electrons. The van der Waals surface area contributed by atoms with Crippen LogP contribution in [0.4, 0.5) is 0 Å². The maximum Gasteiger partial charge on any atom is 0.317 e. The summed E-state index contributed by atoms with van der Waals surface area (Å²) in [5.74, 6) is -3.05. The first-order chi connectivity index (χ1) is 14.7. The summed E-state index contributed by atoms with van der Waals surface area (Å²) >= 11 is 0. The number of carbonyl (C=O) groups excluding carboxylic acids is 1. The van der Waals surface area contributed by atoms with Crippen LogP contribution in [0.2, 0.25) is 0 Å².